The molecule has 0 bridgehead atoms. The van der Waals surface area contributed by atoms with Crippen molar-refractivity contribution in [2.45, 2.75) is 33.2 Å². The molecule has 0 saturated carbocycles. The van der Waals surface area contributed by atoms with Crippen LogP contribution in [0.5, 0.6) is 0 Å². The number of rotatable bonds is 4. The van der Waals surface area contributed by atoms with Gasteiger partial charge in [-0.3, -0.25) is 0 Å². The second-order valence-corrected chi connectivity index (χ2v) is 4.99. The van der Waals surface area contributed by atoms with Crippen molar-refractivity contribution in [1.82, 2.24) is 10.2 Å². The number of hydrogen-bond acceptors (Lipinski definition) is 5. The third kappa shape index (κ3) is 2.41. The normalized spacial score (nSPS) is 11.0. The summed E-state index contributed by atoms with van der Waals surface area (Å²) in [6.07, 6.45) is 1.70. The fourth-order valence-corrected chi connectivity index (χ4v) is 2.02. The standard InChI is InChI=1S/C11H15N3OS/c1-7(2)10-13-14-11(16-10)12-6-9-8(3)4-5-15-9/h4-5,7H,6H2,1-3H3,(H,12,14). The predicted octanol–water partition coefficient (Wildman–Crippen LogP) is 3.18. The monoisotopic (exact) mass is 237 g/mol. The van der Waals surface area contributed by atoms with Gasteiger partial charge in [-0.05, 0) is 18.6 Å². The Morgan fingerprint density at radius 3 is 2.81 bits per heavy atom. The predicted molar refractivity (Wildman–Crippen MR) is 64.8 cm³/mol. The van der Waals surface area contributed by atoms with E-state index in [2.05, 4.69) is 29.4 Å². The van der Waals surface area contributed by atoms with E-state index in [0.29, 0.717) is 12.5 Å². The number of anilines is 1. The first-order chi connectivity index (χ1) is 7.66. The summed E-state index contributed by atoms with van der Waals surface area (Å²) < 4.78 is 5.33. The minimum absolute atomic E-state index is 0.429. The first-order valence-corrected chi connectivity index (χ1v) is 6.08. The summed E-state index contributed by atoms with van der Waals surface area (Å²) in [5.41, 5.74) is 1.15. The quantitative estimate of drug-likeness (QED) is 0.887. The van der Waals surface area contributed by atoms with Crippen molar-refractivity contribution >= 4 is 16.5 Å². The van der Waals surface area contributed by atoms with Crippen LogP contribution in [-0.4, -0.2) is 10.2 Å². The summed E-state index contributed by atoms with van der Waals surface area (Å²) in [5.74, 6) is 1.37. The molecule has 2 rings (SSSR count). The minimum atomic E-state index is 0.429. The molecule has 0 atom stereocenters. The zero-order valence-corrected chi connectivity index (χ0v) is 10.5. The van der Waals surface area contributed by atoms with Crippen LogP contribution in [0.25, 0.3) is 0 Å². The second-order valence-electron chi connectivity index (χ2n) is 3.98. The lowest BCUT2D eigenvalue weighted by molar-refractivity contribution is 0.515. The molecule has 1 N–H and O–H groups in total. The molecule has 86 valence electrons. The van der Waals surface area contributed by atoms with Crippen LogP contribution in [0.15, 0.2) is 16.7 Å². The van der Waals surface area contributed by atoms with Gasteiger partial charge in [-0.1, -0.05) is 25.2 Å². The number of aryl methyl sites for hydroxylation is 1. The molecular weight excluding hydrogens is 222 g/mol. The van der Waals surface area contributed by atoms with E-state index in [4.69, 9.17) is 4.42 Å². The molecule has 0 aliphatic rings. The van der Waals surface area contributed by atoms with Gasteiger partial charge >= 0.3 is 0 Å². The lowest BCUT2D eigenvalue weighted by Gasteiger charge is -1.99. The van der Waals surface area contributed by atoms with Gasteiger partial charge in [-0.15, -0.1) is 10.2 Å². The van der Waals surface area contributed by atoms with E-state index in [1.807, 2.05) is 13.0 Å². The van der Waals surface area contributed by atoms with E-state index in [0.717, 1.165) is 21.5 Å². The molecule has 16 heavy (non-hydrogen) atoms. The van der Waals surface area contributed by atoms with Crippen molar-refractivity contribution in [1.29, 1.82) is 0 Å². The lowest BCUT2D eigenvalue weighted by Crippen LogP contribution is -1.98. The third-order valence-corrected chi connectivity index (χ3v) is 3.48. The van der Waals surface area contributed by atoms with Gasteiger partial charge < -0.3 is 9.73 Å². The fourth-order valence-electron chi connectivity index (χ4n) is 1.28. The summed E-state index contributed by atoms with van der Waals surface area (Å²) in [4.78, 5) is 0. The highest BCUT2D eigenvalue weighted by atomic mass is 32.1. The number of nitrogens with one attached hydrogen (secondary N) is 1. The molecule has 4 nitrogen and oxygen atoms in total. The molecule has 0 saturated heterocycles. The second kappa shape index (κ2) is 4.65. The molecule has 0 aromatic carbocycles. The van der Waals surface area contributed by atoms with Crippen LogP contribution in [0.3, 0.4) is 0 Å². The maximum atomic E-state index is 5.33. The van der Waals surface area contributed by atoms with Gasteiger partial charge in [0.05, 0.1) is 12.8 Å². The summed E-state index contributed by atoms with van der Waals surface area (Å²) in [6.45, 7) is 6.91. The Balaban J connectivity index is 1.97. The highest BCUT2D eigenvalue weighted by Gasteiger charge is 2.08. The number of hydrogen-bond donors (Lipinski definition) is 1. The Hall–Kier alpha value is -1.36. The molecule has 0 amide bonds. The Labute approximate surface area is 98.7 Å². The Morgan fingerprint density at radius 1 is 1.44 bits per heavy atom. The highest BCUT2D eigenvalue weighted by molar-refractivity contribution is 7.15. The van der Waals surface area contributed by atoms with Crippen molar-refractivity contribution in [2.75, 3.05) is 5.32 Å². The fraction of sp³-hybridized carbons (Fsp3) is 0.455. The first-order valence-electron chi connectivity index (χ1n) is 5.27. The minimum Gasteiger partial charge on any atom is -0.467 e. The van der Waals surface area contributed by atoms with Gasteiger partial charge in [0.15, 0.2) is 0 Å². The van der Waals surface area contributed by atoms with Crippen LogP contribution in [0.4, 0.5) is 5.13 Å². The molecule has 0 aliphatic heterocycles. The smallest absolute Gasteiger partial charge is 0.206 e. The van der Waals surface area contributed by atoms with Crippen LogP contribution < -0.4 is 5.32 Å². The maximum absolute atomic E-state index is 5.33. The van der Waals surface area contributed by atoms with Gasteiger partial charge in [0.2, 0.25) is 5.13 Å². The number of aromatic nitrogens is 2. The van der Waals surface area contributed by atoms with Gasteiger partial charge in [-0.25, -0.2) is 0 Å². The highest BCUT2D eigenvalue weighted by Crippen LogP contribution is 2.23. The molecule has 0 spiro atoms. The Morgan fingerprint density at radius 2 is 2.25 bits per heavy atom. The summed E-state index contributed by atoms with van der Waals surface area (Å²) in [6, 6.07) is 1.96. The Kier molecular flexibility index (Phi) is 3.24. The topological polar surface area (TPSA) is 51.0 Å². The van der Waals surface area contributed by atoms with E-state index < -0.39 is 0 Å². The lowest BCUT2D eigenvalue weighted by atomic mass is 10.2. The van der Waals surface area contributed by atoms with Gasteiger partial charge in [0, 0.05) is 5.92 Å². The van der Waals surface area contributed by atoms with Crippen LogP contribution in [-0.2, 0) is 6.54 Å². The molecule has 0 aliphatic carbocycles. The van der Waals surface area contributed by atoms with E-state index in [-0.39, 0.29) is 0 Å². The van der Waals surface area contributed by atoms with Gasteiger partial charge in [0.25, 0.3) is 0 Å². The summed E-state index contributed by atoms with van der Waals surface area (Å²) >= 11 is 1.59. The van der Waals surface area contributed by atoms with Gasteiger partial charge in [-0.2, -0.15) is 0 Å². The largest absolute Gasteiger partial charge is 0.467 e. The molecular formula is C11H15N3OS. The molecule has 0 radical (unpaired) electrons. The van der Waals surface area contributed by atoms with E-state index in [1.54, 1.807) is 17.6 Å². The zero-order valence-electron chi connectivity index (χ0n) is 9.65. The SMILES string of the molecule is Cc1ccoc1CNc1nnc(C(C)C)s1. The number of furan rings is 1. The zero-order chi connectivity index (χ0) is 11.5. The van der Waals surface area contributed by atoms with Crippen LogP contribution in [0, 0.1) is 6.92 Å². The molecule has 2 aromatic rings. The Bertz CT molecular complexity index is 461. The molecule has 5 heteroatoms. The van der Waals surface area contributed by atoms with Crippen molar-refractivity contribution in [3.63, 3.8) is 0 Å². The van der Waals surface area contributed by atoms with Gasteiger partial charge in [0.1, 0.15) is 10.8 Å². The van der Waals surface area contributed by atoms with Crippen molar-refractivity contribution in [3.05, 3.63) is 28.7 Å². The van der Waals surface area contributed by atoms with Crippen LogP contribution in [0.2, 0.25) is 0 Å². The van der Waals surface area contributed by atoms with Crippen LogP contribution in [0.1, 0.15) is 36.1 Å². The van der Waals surface area contributed by atoms with Crippen molar-refractivity contribution in [3.8, 4) is 0 Å². The van der Waals surface area contributed by atoms with Crippen LogP contribution >= 0.6 is 11.3 Å². The molecule has 0 unspecified atom stereocenters. The average Bonchev–Trinajstić information content (AvgIpc) is 2.83. The van der Waals surface area contributed by atoms with E-state index in [1.165, 1.54) is 0 Å². The summed E-state index contributed by atoms with van der Waals surface area (Å²) in [5, 5.41) is 13.3. The average molecular weight is 237 g/mol. The molecule has 0 fully saturated rings. The van der Waals surface area contributed by atoms with E-state index in [9.17, 15) is 0 Å². The third-order valence-electron chi connectivity index (χ3n) is 2.30. The molecule has 2 aromatic heterocycles. The first kappa shape index (κ1) is 11.1. The van der Waals surface area contributed by atoms with Crippen molar-refractivity contribution < 1.29 is 4.42 Å². The maximum Gasteiger partial charge on any atom is 0.206 e. The number of nitrogens with zero attached hydrogens (tertiary/aromatic N) is 2. The molecule has 2 heterocycles. The summed E-state index contributed by atoms with van der Waals surface area (Å²) in [7, 11) is 0. The van der Waals surface area contributed by atoms with E-state index >= 15 is 0 Å². The van der Waals surface area contributed by atoms with Crippen molar-refractivity contribution in [2.24, 2.45) is 0 Å².